The molecule has 0 aromatic heterocycles. The van der Waals surface area contributed by atoms with Gasteiger partial charge in [-0.25, -0.2) is 8.78 Å². The summed E-state index contributed by atoms with van der Waals surface area (Å²) in [6.45, 7) is 2.42. The van der Waals surface area contributed by atoms with E-state index in [2.05, 4.69) is 5.32 Å². The third kappa shape index (κ3) is 4.38. The van der Waals surface area contributed by atoms with E-state index < -0.39 is 17.5 Å². The number of carbonyl (C=O) groups excluding carboxylic acids is 2. The Bertz CT molecular complexity index is 551. The molecule has 2 rings (SSSR count). The molecule has 1 aliphatic heterocycles. The van der Waals surface area contributed by atoms with Gasteiger partial charge in [-0.05, 0) is 18.2 Å². The Kier molecular flexibility index (Phi) is 6.70. The summed E-state index contributed by atoms with van der Waals surface area (Å²) in [5, 5.41) is 3.12. The number of nitrogens with zero attached hydrogens (tertiary/aromatic N) is 2. The number of carbonyl (C=O) groups is 2. The predicted octanol–water partition coefficient (Wildman–Crippen LogP) is 0.890. The van der Waals surface area contributed by atoms with Crippen LogP contribution in [0.25, 0.3) is 0 Å². The second kappa shape index (κ2) is 8.05. The molecule has 1 heterocycles. The minimum absolute atomic E-state index is 0. The number of benzene rings is 1. The first-order valence-electron chi connectivity index (χ1n) is 6.68. The van der Waals surface area contributed by atoms with Gasteiger partial charge in [-0.15, -0.1) is 12.4 Å². The fraction of sp³-hybridized carbons (Fsp3) is 0.429. The van der Waals surface area contributed by atoms with E-state index in [0.29, 0.717) is 26.2 Å². The van der Waals surface area contributed by atoms with Gasteiger partial charge in [0.05, 0.1) is 12.1 Å². The van der Waals surface area contributed by atoms with Crippen molar-refractivity contribution < 1.29 is 18.4 Å². The van der Waals surface area contributed by atoms with E-state index in [1.807, 2.05) is 0 Å². The predicted molar refractivity (Wildman–Crippen MR) is 80.0 cm³/mol. The molecule has 2 amide bonds. The summed E-state index contributed by atoms with van der Waals surface area (Å²) in [7, 11) is 1.40. The summed E-state index contributed by atoms with van der Waals surface area (Å²) in [5.74, 6) is -2.41. The molecular formula is C14H18ClF2N3O2. The summed E-state index contributed by atoms with van der Waals surface area (Å²) in [6.07, 6.45) is 0. The highest BCUT2D eigenvalue weighted by molar-refractivity contribution is 5.96. The van der Waals surface area contributed by atoms with Gasteiger partial charge in [-0.1, -0.05) is 0 Å². The van der Waals surface area contributed by atoms with Gasteiger partial charge in [0.2, 0.25) is 5.91 Å². The molecule has 0 aliphatic carbocycles. The molecule has 22 heavy (non-hydrogen) atoms. The summed E-state index contributed by atoms with van der Waals surface area (Å²) in [5.41, 5.74) is -0.370. The van der Waals surface area contributed by atoms with Gasteiger partial charge in [-0.3, -0.25) is 9.59 Å². The van der Waals surface area contributed by atoms with Crippen molar-refractivity contribution in [3.8, 4) is 0 Å². The Balaban J connectivity index is 0.00000242. The lowest BCUT2D eigenvalue weighted by Crippen LogP contribution is -2.49. The maximum Gasteiger partial charge on any atom is 0.257 e. The lowest BCUT2D eigenvalue weighted by atomic mass is 10.2. The fourth-order valence-electron chi connectivity index (χ4n) is 2.16. The van der Waals surface area contributed by atoms with E-state index in [4.69, 9.17) is 0 Å². The Morgan fingerprint density at radius 3 is 2.55 bits per heavy atom. The van der Waals surface area contributed by atoms with Gasteiger partial charge in [0.15, 0.2) is 0 Å². The Morgan fingerprint density at radius 1 is 1.27 bits per heavy atom. The molecule has 1 saturated heterocycles. The standard InChI is InChI=1S/C14H17F2N3O2.ClH/c1-18(9-13(20)19-6-4-17-5-7-19)14(21)11-8-10(15)2-3-12(11)16;/h2-3,8,17H,4-7,9H2,1H3;1H. The average Bonchev–Trinajstić information content (AvgIpc) is 2.49. The molecule has 1 fully saturated rings. The number of nitrogens with one attached hydrogen (secondary N) is 1. The van der Waals surface area contributed by atoms with Crippen LogP contribution in [0.2, 0.25) is 0 Å². The number of likely N-dealkylation sites (N-methyl/N-ethyl adjacent to an activating group) is 1. The Hall–Kier alpha value is -1.73. The molecule has 0 radical (unpaired) electrons. The third-order valence-electron chi connectivity index (χ3n) is 3.35. The molecule has 1 N–H and O–H groups in total. The van der Waals surface area contributed by atoms with Crippen LogP contribution in [0.15, 0.2) is 18.2 Å². The number of amides is 2. The van der Waals surface area contributed by atoms with Crippen LogP contribution in [0.1, 0.15) is 10.4 Å². The molecule has 0 saturated carbocycles. The van der Waals surface area contributed by atoms with E-state index in [9.17, 15) is 18.4 Å². The first kappa shape index (κ1) is 18.3. The lowest BCUT2D eigenvalue weighted by Gasteiger charge is -2.29. The summed E-state index contributed by atoms with van der Waals surface area (Å²) < 4.78 is 26.7. The zero-order valence-corrected chi connectivity index (χ0v) is 13.0. The van der Waals surface area contributed by atoms with Crippen LogP contribution in [0.4, 0.5) is 8.78 Å². The molecule has 0 spiro atoms. The SMILES string of the molecule is CN(CC(=O)N1CCNCC1)C(=O)c1cc(F)ccc1F.Cl. The smallest absolute Gasteiger partial charge is 0.257 e. The molecule has 0 atom stereocenters. The molecular weight excluding hydrogens is 316 g/mol. The maximum absolute atomic E-state index is 13.6. The van der Waals surface area contributed by atoms with E-state index in [1.54, 1.807) is 4.90 Å². The average molecular weight is 334 g/mol. The highest BCUT2D eigenvalue weighted by Gasteiger charge is 2.22. The largest absolute Gasteiger partial charge is 0.339 e. The van der Waals surface area contributed by atoms with Crippen LogP contribution in [0, 0.1) is 11.6 Å². The number of halogens is 3. The fourth-order valence-corrected chi connectivity index (χ4v) is 2.16. The molecule has 0 unspecified atom stereocenters. The van der Waals surface area contributed by atoms with Gasteiger partial charge >= 0.3 is 0 Å². The first-order valence-corrected chi connectivity index (χ1v) is 6.68. The molecule has 1 aliphatic rings. The van der Waals surface area contributed by atoms with E-state index in [0.717, 1.165) is 23.1 Å². The van der Waals surface area contributed by atoms with E-state index >= 15 is 0 Å². The zero-order chi connectivity index (χ0) is 15.4. The zero-order valence-electron chi connectivity index (χ0n) is 12.1. The quantitative estimate of drug-likeness (QED) is 0.894. The number of rotatable bonds is 3. The van der Waals surface area contributed by atoms with Crippen LogP contribution in [-0.2, 0) is 4.79 Å². The van der Waals surface area contributed by atoms with E-state index in [-0.39, 0.29) is 30.4 Å². The van der Waals surface area contributed by atoms with Gasteiger partial charge in [0.1, 0.15) is 11.6 Å². The molecule has 5 nitrogen and oxygen atoms in total. The summed E-state index contributed by atoms with van der Waals surface area (Å²) in [4.78, 5) is 26.8. The van der Waals surface area contributed by atoms with Crippen molar-refractivity contribution in [1.82, 2.24) is 15.1 Å². The van der Waals surface area contributed by atoms with Crippen LogP contribution in [0.5, 0.6) is 0 Å². The third-order valence-corrected chi connectivity index (χ3v) is 3.35. The van der Waals surface area contributed by atoms with Crippen LogP contribution >= 0.6 is 12.4 Å². The van der Waals surface area contributed by atoms with Crippen molar-refractivity contribution in [2.45, 2.75) is 0 Å². The minimum atomic E-state index is -0.803. The first-order chi connectivity index (χ1) is 9.99. The van der Waals surface area contributed by atoms with Gasteiger partial charge < -0.3 is 15.1 Å². The molecule has 122 valence electrons. The van der Waals surface area contributed by atoms with Crippen molar-refractivity contribution in [3.63, 3.8) is 0 Å². The van der Waals surface area contributed by atoms with Crippen molar-refractivity contribution in [3.05, 3.63) is 35.4 Å². The van der Waals surface area contributed by atoms with Crippen molar-refractivity contribution in [1.29, 1.82) is 0 Å². The molecule has 1 aromatic rings. The minimum Gasteiger partial charge on any atom is -0.339 e. The number of hydrogen-bond donors (Lipinski definition) is 1. The summed E-state index contributed by atoms with van der Waals surface area (Å²) >= 11 is 0. The molecule has 0 bridgehead atoms. The second-order valence-corrected chi connectivity index (χ2v) is 4.92. The normalized spacial score (nSPS) is 14.2. The van der Waals surface area contributed by atoms with Gasteiger partial charge in [-0.2, -0.15) is 0 Å². The van der Waals surface area contributed by atoms with Crippen LogP contribution in [0.3, 0.4) is 0 Å². The van der Waals surface area contributed by atoms with Gasteiger partial charge in [0.25, 0.3) is 5.91 Å². The topological polar surface area (TPSA) is 52.7 Å². The van der Waals surface area contributed by atoms with Crippen molar-refractivity contribution >= 4 is 24.2 Å². The highest BCUT2D eigenvalue weighted by Crippen LogP contribution is 2.12. The number of hydrogen-bond acceptors (Lipinski definition) is 3. The molecule has 1 aromatic carbocycles. The van der Waals surface area contributed by atoms with Gasteiger partial charge in [0, 0.05) is 33.2 Å². The second-order valence-electron chi connectivity index (χ2n) is 4.92. The van der Waals surface area contributed by atoms with Crippen molar-refractivity contribution in [2.24, 2.45) is 0 Å². The van der Waals surface area contributed by atoms with Crippen LogP contribution < -0.4 is 5.32 Å². The maximum atomic E-state index is 13.6. The van der Waals surface area contributed by atoms with E-state index in [1.165, 1.54) is 7.05 Å². The van der Waals surface area contributed by atoms with Crippen LogP contribution in [-0.4, -0.2) is 61.4 Å². The monoisotopic (exact) mass is 333 g/mol. The Morgan fingerprint density at radius 2 is 1.91 bits per heavy atom. The Labute approximate surface area is 133 Å². The summed E-state index contributed by atoms with van der Waals surface area (Å²) in [6, 6.07) is 2.68. The highest BCUT2D eigenvalue weighted by atomic mass is 35.5. The number of piperazine rings is 1. The molecule has 8 heteroatoms. The van der Waals surface area contributed by atoms with Crippen molar-refractivity contribution in [2.75, 3.05) is 39.8 Å². The lowest BCUT2D eigenvalue weighted by molar-refractivity contribution is -0.132.